The van der Waals surface area contributed by atoms with Crippen LogP contribution in [0, 0.1) is 13.8 Å². The number of pyridine rings is 1. The summed E-state index contributed by atoms with van der Waals surface area (Å²) >= 11 is 5.74. The van der Waals surface area contributed by atoms with Gasteiger partial charge in [0.25, 0.3) is 0 Å². The van der Waals surface area contributed by atoms with Crippen molar-refractivity contribution in [3.8, 4) is 11.4 Å². The van der Waals surface area contributed by atoms with Crippen LogP contribution in [0.15, 0.2) is 85.1 Å². The van der Waals surface area contributed by atoms with Crippen molar-refractivity contribution in [1.82, 2.24) is 19.8 Å². The molecule has 1 aliphatic heterocycles. The molecular formula is C28H27N5O2S. The summed E-state index contributed by atoms with van der Waals surface area (Å²) in [4.78, 5) is 19.6. The van der Waals surface area contributed by atoms with Crippen molar-refractivity contribution in [3.63, 3.8) is 0 Å². The first kappa shape index (κ1) is 23.6. The molecule has 3 heterocycles. The summed E-state index contributed by atoms with van der Waals surface area (Å²) in [6, 6.07) is 24.0. The molecule has 0 aliphatic carbocycles. The summed E-state index contributed by atoms with van der Waals surface area (Å²) in [5.74, 6) is 0.0713. The van der Waals surface area contributed by atoms with Crippen molar-refractivity contribution >= 4 is 28.9 Å². The number of para-hydroxylation sites is 1. The van der Waals surface area contributed by atoms with Gasteiger partial charge in [-0.2, -0.15) is 0 Å². The number of hydrogen-bond donors (Lipinski definition) is 3. The highest BCUT2D eigenvalue weighted by molar-refractivity contribution is 7.80. The van der Waals surface area contributed by atoms with Crippen LogP contribution in [0.4, 0.5) is 5.69 Å². The van der Waals surface area contributed by atoms with Gasteiger partial charge in [-0.25, -0.2) is 0 Å². The lowest BCUT2D eigenvalue weighted by molar-refractivity contribution is -0.116. The van der Waals surface area contributed by atoms with Gasteiger partial charge >= 0.3 is 0 Å². The van der Waals surface area contributed by atoms with Crippen LogP contribution < -0.4 is 10.6 Å². The molecule has 7 nitrogen and oxygen atoms in total. The van der Waals surface area contributed by atoms with Gasteiger partial charge in [0.2, 0.25) is 5.91 Å². The van der Waals surface area contributed by atoms with E-state index in [4.69, 9.17) is 12.2 Å². The van der Waals surface area contributed by atoms with E-state index in [1.807, 2.05) is 72.5 Å². The molecule has 0 radical (unpaired) electrons. The van der Waals surface area contributed by atoms with Crippen molar-refractivity contribution in [2.75, 3.05) is 11.9 Å². The van der Waals surface area contributed by atoms with E-state index in [-0.39, 0.29) is 30.3 Å². The number of aromatic nitrogens is 2. The maximum Gasteiger partial charge on any atom is 0.244 e. The van der Waals surface area contributed by atoms with Crippen LogP contribution in [0.25, 0.3) is 5.69 Å². The van der Waals surface area contributed by atoms with E-state index in [0.717, 1.165) is 34.0 Å². The van der Waals surface area contributed by atoms with Crippen molar-refractivity contribution in [1.29, 1.82) is 0 Å². The summed E-state index contributed by atoms with van der Waals surface area (Å²) in [5.41, 5.74) is 5.67. The number of phenolic OH excluding ortho intramolecular Hbond substituents is 1. The van der Waals surface area contributed by atoms with Crippen LogP contribution in [-0.2, 0) is 4.79 Å². The van der Waals surface area contributed by atoms with Gasteiger partial charge in [-0.15, -0.1) is 0 Å². The Labute approximate surface area is 215 Å². The fourth-order valence-electron chi connectivity index (χ4n) is 4.88. The molecule has 182 valence electrons. The number of rotatable bonds is 6. The molecule has 0 spiro atoms. The Morgan fingerprint density at radius 1 is 1.06 bits per heavy atom. The largest absolute Gasteiger partial charge is 0.508 e. The first-order valence-electron chi connectivity index (χ1n) is 11.7. The third kappa shape index (κ3) is 4.55. The number of amides is 1. The Balaban J connectivity index is 1.53. The molecule has 4 aromatic rings. The maximum absolute atomic E-state index is 13.1. The Bertz CT molecular complexity index is 1390. The second-order valence-electron chi connectivity index (χ2n) is 8.85. The van der Waals surface area contributed by atoms with Crippen LogP contribution in [0.3, 0.4) is 0 Å². The Morgan fingerprint density at radius 3 is 2.47 bits per heavy atom. The van der Waals surface area contributed by atoms with E-state index in [1.165, 1.54) is 0 Å². The summed E-state index contributed by atoms with van der Waals surface area (Å²) in [6.07, 6.45) is 1.77. The molecule has 2 aromatic heterocycles. The summed E-state index contributed by atoms with van der Waals surface area (Å²) in [6.45, 7) is 4.21. The van der Waals surface area contributed by atoms with E-state index >= 15 is 0 Å². The first-order valence-corrected chi connectivity index (χ1v) is 12.1. The highest BCUT2D eigenvalue weighted by atomic mass is 32.1. The predicted molar refractivity (Wildman–Crippen MR) is 144 cm³/mol. The van der Waals surface area contributed by atoms with Crippen molar-refractivity contribution in [2.45, 2.75) is 25.9 Å². The van der Waals surface area contributed by atoms with Gasteiger partial charge in [-0.1, -0.05) is 24.3 Å². The van der Waals surface area contributed by atoms with Crippen LogP contribution in [0.2, 0.25) is 0 Å². The summed E-state index contributed by atoms with van der Waals surface area (Å²) in [7, 11) is 0. The zero-order valence-corrected chi connectivity index (χ0v) is 20.9. The minimum atomic E-state index is -0.244. The van der Waals surface area contributed by atoms with Gasteiger partial charge < -0.3 is 25.2 Å². The third-order valence-electron chi connectivity index (χ3n) is 6.47. The smallest absolute Gasteiger partial charge is 0.244 e. The fraction of sp³-hybridized carbons (Fsp3) is 0.179. The molecule has 1 aliphatic rings. The molecule has 1 saturated heterocycles. The second-order valence-corrected chi connectivity index (χ2v) is 9.23. The SMILES string of the molecule is Cc1cc([C@H]2[C@H](c3ccccn3)NC(=S)N2CC(=O)Nc2ccccc2)c(C)n1-c1ccc(O)cc1. The van der Waals surface area contributed by atoms with Crippen LogP contribution >= 0.6 is 12.2 Å². The first-order chi connectivity index (χ1) is 17.4. The fourth-order valence-corrected chi connectivity index (χ4v) is 5.18. The number of phenols is 1. The lowest BCUT2D eigenvalue weighted by Gasteiger charge is -2.27. The molecule has 5 rings (SSSR count). The van der Waals surface area contributed by atoms with Crippen molar-refractivity contribution in [3.05, 3.63) is 108 Å². The number of nitrogens with zero attached hydrogens (tertiary/aromatic N) is 3. The van der Waals surface area contributed by atoms with Crippen LogP contribution in [-0.4, -0.2) is 37.1 Å². The zero-order chi connectivity index (χ0) is 25.2. The molecule has 0 unspecified atom stereocenters. The normalized spacial score (nSPS) is 17.2. The molecule has 1 fully saturated rings. The predicted octanol–water partition coefficient (Wildman–Crippen LogP) is 4.81. The van der Waals surface area contributed by atoms with E-state index in [2.05, 4.69) is 33.2 Å². The summed E-state index contributed by atoms with van der Waals surface area (Å²) < 4.78 is 2.15. The Hall–Kier alpha value is -4.17. The number of carbonyl (C=O) groups is 1. The minimum Gasteiger partial charge on any atom is -0.508 e. The molecular weight excluding hydrogens is 470 g/mol. The third-order valence-corrected chi connectivity index (χ3v) is 6.82. The van der Waals surface area contributed by atoms with Crippen LogP contribution in [0.5, 0.6) is 5.75 Å². The van der Waals surface area contributed by atoms with Crippen molar-refractivity contribution in [2.24, 2.45) is 0 Å². The maximum atomic E-state index is 13.1. The topological polar surface area (TPSA) is 82.4 Å². The Morgan fingerprint density at radius 2 is 1.78 bits per heavy atom. The highest BCUT2D eigenvalue weighted by Gasteiger charge is 2.42. The standard InChI is InChI=1S/C28H27N5O2S/c1-18-16-23(19(2)33(18)21-11-13-22(34)14-12-21)27-26(24-10-6-7-15-29-24)31-28(36)32(27)17-25(35)30-20-8-4-3-5-9-20/h3-16,26-27,34H,17H2,1-2H3,(H,30,35)(H,31,36)/t26-,27-/m0/s1. The van der Waals surface area contributed by atoms with Gasteiger partial charge in [0.15, 0.2) is 5.11 Å². The van der Waals surface area contributed by atoms with Gasteiger partial charge in [0, 0.05) is 29.0 Å². The monoisotopic (exact) mass is 497 g/mol. The van der Waals surface area contributed by atoms with Gasteiger partial charge in [0.05, 0.1) is 17.8 Å². The van der Waals surface area contributed by atoms with E-state index in [1.54, 1.807) is 18.3 Å². The minimum absolute atomic E-state index is 0.0948. The molecule has 2 atom stereocenters. The number of nitrogens with one attached hydrogen (secondary N) is 2. The number of aryl methyl sites for hydroxylation is 1. The quantitative estimate of drug-likeness (QED) is 0.332. The number of carbonyl (C=O) groups excluding carboxylic acids is 1. The van der Waals surface area contributed by atoms with E-state index < -0.39 is 0 Å². The molecule has 1 amide bonds. The van der Waals surface area contributed by atoms with Crippen LogP contribution in [0.1, 0.15) is 34.7 Å². The van der Waals surface area contributed by atoms with E-state index in [9.17, 15) is 9.90 Å². The number of benzene rings is 2. The highest BCUT2D eigenvalue weighted by Crippen LogP contribution is 2.41. The lowest BCUT2D eigenvalue weighted by Crippen LogP contribution is -2.37. The number of hydrogen-bond acceptors (Lipinski definition) is 4. The average molecular weight is 498 g/mol. The second kappa shape index (κ2) is 9.83. The average Bonchev–Trinajstić information content (AvgIpc) is 3.35. The number of anilines is 1. The Kier molecular flexibility index (Phi) is 6.43. The molecule has 3 N–H and O–H groups in total. The molecule has 0 bridgehead atoms. The number of thiocarbonyl (C=S) groups is 1. The van der Waals surface area contributed by atoms with Gasteiger partial charge in [0.1, 0.15) is 12.3 Å². The molecule has 0 saturated carbocycles. The number of aromatic hydroxyl groups is 1. The van der Waals surface area contributed by atoms with E-state index in [0.29, 0.717) is 5.11 Å². The molecule has 36 heavy (non-hydrogen) atoms. The summed E-state index contributed by atoms with van der Waals surface area (Å²) in [5, 5.41) is 16.6. The van der Waals surface area contributed by atoms with Gasteiger partial charge in [-0.3, -0.25) is 9.78 Å². The van der Waals surface area contributed by atoms with Gasteiger partial charge in [-0.05, 0) is 86.2 Å². The molecule has 2 aromatic carbocycles. The zero-order valence-electron chi connectivity index (χ0n) is 20.1. The molecule has 8 heteroatoms. The van der Waals surface area contributed by atoms with Crippen molar-refractivity contribution < 1.29 is 9.90 Å². The lowest BCUT2D eigenvalue weighted by atomic mass is 9.96.